The second-order valence-electron chi connectivity index (χ2n) is 8.69. The van der Waals surface area contributed by atoms with Gasteiger partial charge in [0.25, 0.3) is 0 Å². The summed E-state index contributed by atoms with van der Waals surface area (Å²) in [5.74, 6) is 1.24. The molecule has 2 aromatic carbocycles. The van der Waals surface area contributed by atoms with Crippen molar-refractivity contribution >= 4 is 38.2 Å². The molecule has 180 valence electrons. The molecule has 0 bridgehead atoms. The Morgan fingerprint density at radius 3 is 2.14 bits per heavy atom. The lowest BCUT2D eigenvalue weighted by Crippen LogP contribution is -2.48. The first-order valence-electron chi connectivity index (χ1n) is 11.5. The lowest BCUT2D eigenvalue weighted by molar-refractivity contribution is 0.387. The smallest absolute Gasteiger partial charge is 0.211 e. The summed E-state index contributed by atoms with van der Waals surface area (Å²) in [7, 11) is -3.26. The van der Waals surface area contributed by atoms with Crippen molar-refractivity contribution in [3.05, 3.63) is 88.7 Å². The van der Waals surface area contributed by atoms with Gasteiger partial charge >= 0.3 is 0 Å². The number of para-hydroxylation sites is 2. The fourth-order valence-electron chi connectivity index (χ4n) is 4.52. The number of hydrogen-bond acceptors (Lipinski definition) is 6. The van der Waals surface area contributed by atoms with Crippen molar-refractivity contribution < 1.29 is 8.42 Å². The Bertz CT molecular complexity index is 1530. The summed E-state index contributed by atoms with van der Waals surface area (Å²) in [6.07, 6.45) is 1.22. The van der Waals surface area contributed by atoms with Gasteiger partial charge in [-0.3, -0.25) is 9.36 Å². The molecule has 4 aromatic rings. The molecule has 35 heavy (non-hydrogen) atoms. The molecule has 2 aromatic heterocycles. The van der Waals surface area contributed by atoms with Gasteiger partial charge in [0.1, 0.15) is 11.6 Å². The Hall–Kier alpha value is -3.69. The predicted molar refractivity (Wildman–Crippen MR) is 140 cm³/mol. The summed E-state index contributed by atoms with van der Waals surface area (Å²) in [5.41, 5.74) is 3.17. The number of nitrogens with zero attached hydrogens (tertiary/aromatic N) is 4. The topological polar surface area (TPSA) is 87.5 Å². The summed E-state index contributed by atoms with van der Waals surface area (Å²) in [5, 5.41) is 3.92. The van der Waals surface area contributed by atoms with E-state index in [4.69, 9.17) is 4.98 Å². The number of pyridine rings is 2. The van der Waals surface area contributed by atoms with Crippen molar-refractivity contribution in [2.24, 2.45) is 0 Å². The SMILES string of the molecule is Cc1cc2c(c(N3CCN(S(C)(=O)=O)CC3)n1)c(=O)cc(Nc1ccccc1)n2-c1ccccc1. The molecule has 0 unspecified atom stereocenters. The number of nitrogens with one attached hydrogen (secondary N) is 1. The summed E-state index contributed by atoms with van der Waals surface area (Å²) < 4.78 is 27.4. The summed E-state index contributed by atoms with van der Waals surface area (Å²) in [6.45, 7) is 3.56. The highest BCUT2D eigenvalue weighted by atomic mass is 32.2. The van der Waals surface area contributed by atoms with E-state index in [0.717, 1.165) is 22.6 Å². The zero-order valence-corrected chi connectivity index (χ0v) is 20.5. The maximum atomic E-state index is 13.5. The number of fused-ring (bicyclic) bond motifs is 1. The normalized spacial score (nSPS) is 14.9. The standard InChI is InChI=1S/C26H27N5O3S/c1-19-17-22-25(26(27-19)29-13-15-30(16-14-29)35(2,33)34)23(32)18-24(28-20-9-5-3-6-10-20)31(22)21-11-7-4-8-12-21/h3-12,17-18,28H,13-16H2,1-2H3. The van der Waals surface area contributed by atoms with E-state index in [1.807, 2.05) is 83.1 Å². The third-order valence-corrected chi connectivity index (χ3v) is 7.47. The Morgan fingerprint density at radius 2 is 1.51 bits per heavy atom. The van der Waals surface area contributed by atoms with Gasteiger partial charge in [0.15, 0.2) is 5.43 Å². The molecule has 0 radical (unpaired) electrons. The minimum Gasteiger partial charge on any atom is -0.353 e. The molecule has 0 amide bonds. The second kappa shape index (κ2) is 9.16. The highest BCUT2D eigenvalue weighted by molar-refractivity contribution is 7.88. The number of sulfonamides is 1. The van der Waals surface area contributed by atoms with E-state index in [0.29, 0.717) is 43.2 Å². The Kier molecular flexibility index (Phi) is 6.04. The van der Waals surface area contributed by atoms with Gasteiger partial charge < -0.3 is 10.2 Å². The summed E-state index contributed by atoms with van der Waals surface area (Å²) >= 11 is 0. The van der Waals surface area contributed by atoms with Crippen LogP contribution in [-0.2, 0) is 10.0 Å². The lowest BCUT2D eigenvalue weighted by Gasteiger charge is -2.34. The Morgan fingerprint density at radius 1 is 0.886 bits per heavy atom. The van der Waals surface area contributed by atoms with Crippen LogP contribution < -0.4 is 15.6 Å². The zero-order valence-electron chi connectivity index (χ0n) is 19.7. The van der Waals surface area contributed by atoms with Gasteiger partial charge in [0, 0.05) is 49.3 Å². The first-order chi connectivity index (χ1) is 16.8. The number of piperazine rings is 1. The lowest BCUT2D eigenvalue weighted by atomic mass is 10.1. The molecular weight excluding hydrogens is 462 g/mol. The minimum atomic E-state index is -3.26. The number of aryl methyl sites for hydroxylation is 1. The molecule has 9 heteroatoms. The maximum Gasteiger partial charge on any atom is 0.211 e. The molecule has 0 aliphatic carbocycles. The van der Waals surface area contributed by atoms with Gasteiger partial charge in [-0.25, -0.2) is 13.4 Å². The Labute approximate surface area is 204 Å². The van der Waals surface area contributed by atoms with Crippen molar-refractivity contribution in [2.75, 3.05) is 42.7 Å². The van der Waals surface area contributed by atoms with Crippen LogP contribution in [0.15, 0.2) is 77.6 Å². The maximum absolute atomic E-state index is 13.5. The third kappa shape index (κ3) is 4.65. The van der Waals surface area contributed by atoms with Crippen LogP contribution in [0.2, 0.25) is 0 Å². The monoisotopic (exact) mass is 489 g/mol. The van der Waals surface area contributed by atoms with Crippen LogP contribution >= 0.6 is 0 Å². The molecule has 0 spiro atoms. The molecule has 0 atom stereocenters. The summed E-state index contributed by atoms with van der Waals surface area (Å²) in [4.78, 5) is 20.3. The first kappa shape index (κ1) is 23.1. The van der Waals surface area contributed by atoms with Crippen molar-refractivity contribution in [1.29, 1.82) is 0 Å². The zero-order chi connectivity index (χ0) is 24.6. The van der Waals surface area contributed by atoms with Crippen molar-refractivity contribution in [1.82, 2.24) is 13.9 Å². The molecule has 8 nitrogen and oxygen atoms in total. The average molecular weight is 490 g/mol. The molecule has 1 N–H and O–H groups in total. The van der Waals surface area contributed by atoms with Crippen LogP contribution in [0.4, 0.5) is 17.3 Å². The minimum absolute atomic E-state index is 0.140. The van der Waals surface area contributed by atoms with Gasteiger partial charge in [-0.1, -0.05) is 36.4 Å². The van der Waals surface area contributed by atoms with Crippen molar-refractivity contribution in [3.63, 3.8) is 0 Å². The van der Waals surface area contributed by atoms with Crippen molar-refractivity contribution in [3.8, 4) is 5.69 Å². The van der Waals surface area contributed by atoms with Crippen LogP contribution in [0.5, 0.6) is 0 Å². The Balaban J connectivity index is 1.69. The van der Waals surface area contributed by atoms with Gasteiger partial charge in [-0.2, -0.15) is 4.31 Å². The molecular formula is C26H27N5O3S. The molecule has 0 saturated carbocycles. The van der Waals surface area contributed by atoms with Gasteiger partial charge in [0.05, 0.1) is 17.2 Å². The fourth-order valence-corrected chi connectivity index (χ4v) is 5.35. The highest BCUT2D eigenvalue weighted by Gasteiger charge is 2.26. The number of rotatable bonds is 5. The molecule has 1 aliphatic heterocycles. The van der Waals surface area contributed by atoms with Crippen LogP contribution in [-0.4, -0.2) is 54.7 Å². The quantitative estimate of drug-likeness (QED) is 0.462. The highest BCUT2D eigenvalue weighted by Crippen LogP contribution is 2.30. The second-order valence-corrected chi connectivity index (χ2v) is 10.7. The van der Waals surface area contributed by atoms with E-state index >= 15 is 0 Å². The molecule has 1 saturated heterocycles. The fraction of sp³-hybridized carbons (Fsp3) is 0.231. The number of hydrogen-bond donors (Lipinski definition) is 1. The number of aromatic nitrogens is 2. The average Bonchev–Trinajstić information content (AvgIpc) is 2.84. The van der Waals surface area contributed by atoms with Crippen LogP contribution in [0, 0.1) is 6.92 Å². The number of benzene rings is 2. The number of anilines is 3. The van der Waals surface area contributed by atoms with Gasteiger partial charge in [0.2, 0.25) is 10.0 Å². The van der Waals surface area contributed by atoms with Crippen LogP contribution in [0.3, 0.4) is 0 Å². The van der Waals surface area contributed by atoms with E-state index in [9.17, 15) is 13.2 Å². The van der Waals surface area contributed by atoms with Gasteiger partial charge in [-0.15, -0.1) is 0 Å². The van der Waals surface area contributed by atoms with Crippen molar-refractivity contribution in [2.45, 2.75) is 6.92 Å². The molecule has 5 rings (SSSR count). The van der Waals surface area contributed by atoms with E-state index < -0.39 is 10.0 Å². The summed E-state index contributed by atoms with van der Waals surface area (Å²) in [6, 6.07) is 23.2. The largest absolute Gasteiger partial charge is 0.353 e. The molecule has 3 heterocycles. The van der Waals surface area contributed by atoms with Crippen LogP contribution in [0.25, 0.3) is 16.6 Å². The molecule has 1 fully saturated rings. The van der Waals surface area contributed by atoms with E-state index in [1.165, 1.54) is 10.6 Å². The van der Waals surface area contributed by atoms with Gasteiger partial charge in [-0.05, 0) is 37.3 Å². The van der Waals surface area contributed by atoms with E-state index in [2.05, 4.69) is 5.32 Å². The van der Waals surface area contributed by atoms with E-state index in [1.54, 1.807) is 6.07 Å². The van der Waals surface area contributed by atoms with Crippen LogP contribution in [0.1, 0.15) is 5.69 Å². The predicted octanol–water partition coefficient (Wildman–Crippen LogP) is 3.52. The first-order valence-corrected chi connectivity index (χ1v) is 13.3. The third-order valence-electron chi connectivity index (χ3n) is 6.17. The van der Waals surface area contributed by atoms with E-state index in [-0.39, 0.29) is 5.43 Å². The molecule has 1 aliphatic rings.